The molecule has 0 radical (unpaired) electrons. The van der Waals surface area contributed by atoms with Crippen LogP contribution in [0.3, 0.4) is 0 Å². The highest BCUT2D eigenvalue weighted by atomic mass is 32.1. The molecule has 0 bridgehead atoms. The van der Waals surface area contributed by atoms with Crippen LogP contribution in [0.2, 0.25) is 0 Å². The van der Waals surface area contributed by atoms with Gasteiger partial charge in [0.2, 0.25) is 5.52 Å². The van der Waals surface area contributed by atoms with Gasteiger partial charge in [-0.3, -0.25) is 0 Å². The molecule has 0 fully saturated rings. The Morgan fingerprint density at radius 1 is 0.913 bits per heavy atom. The van der Waals surface area contributed by atoms with Crippen molar-refractivity contribution >= 4 is 56.4 Å². The average Bonchev–Trinajstić information content (AvgIpc) is 3.30. The Morgan fingerprint density at radius 3 is 2.65 bits per heavy atom. The predicted octanol–water partition coefficient (Wildman–Crippen LogP) is 6.17. The lowest BCUT2D eigenvalue weighted by atomic mass is 10.3. The maximum atomic E-state index is 2.38. The number of thiophene rings is 2. The standard InChI is InChI=1S/C19H16NS3/c1-2-20-15-6-3-4-7-16(15)23-19(20)12-10-14-9-11-18(22-14)17-8-5-13-21-17/h3-13H,2H2,1H3/q+1/b12-10+. The molecule has 4 aromatic rings. The van der Waals surface area contributed by atoms with Crippen LogP contribution < -0.4 is 4.57 Å². The molecule has 0 aliphatic carbocycles. The second-order valence-corrected chi connectivity index (χ2v) is 8.29. The summed E-state index contributed by atoms with van der Waals surface area (Å²) in [6, 6.07) is 17.3. The fourth-order valence-electron chi connectivity index (χ4n) is 2.65. The molecule has 0 N–H and O–H groups in total. The molecule has 0 amide bonds. The molecule has 0 spiro atoms. The second kappa shape index (κ2) is 6.40. The first kappa shape index (κ1) is 14.8. The second-order valence-electron chi connectivity index (χ2n) is 5.16. The minimum atomic E-state index is 0.995. The first-order valence-electron chi connectivity index (χ1n) is 7.58. The van der Waals surface area contributed by atoms with Crippen molar-refractivity contribution in [1.82, 2.24) is 0 Å². The van der Waals surface area contributed by atoms with Crippen molar-refractivity contribution in [1.29, 1.82) is 0 Å². The SMILES string of the molecule is CC[n+]1c(/C=C/c2ccc(-c3cccs3)s2)sc2ccccc21. The largest absolute Gasteiger partial charge is 0.262 e. The molecule has 4 heteroatoms. The lowest BCUT2D eigenvalue weighted by molar-refractivity contribution is -0.665. The summed E-state index contributed by atoms with van der Waals surface area (Å²) in [5.41, 5.74) is 1.32. The van der Waals surface area contributed by atoms with Crippen LogP contribution in [-0.4, -0.2) is 0 Å². The van der Waals surface area contributed by atoms with Crippen LogP contribution in [0.25, 0.3) is 32.1 Å². The normalized spacial score (nSPS) is 11.7. The summed E-state index contributed by atoms with van der Waals surface area (Å²) in [7, 11) is 0. The van der Waals surface area contributed by atoms with Crippen LogP contribution in [0, 0.1) is 0 Å². The Labute approximate surface area is 147 Å². The third-order valence-electron chi connectivity index (χ3n) is 3.73. The molecule has 4 rings (SSSR count). The van der Waals surface area contributed by atoms with Gasteiger partial charge < -0.3 is 0 Å². The van der Waals surface area contributed by atoms with Crippen molar-refractivity contribution in [3.8, 4) is 9.75 Å². The molecular weight excluding hydrogens is 338 g/mol. The predicted molar refractivity (Wildman–Crippen MR) is 104 cm³/mol. The Bertz CT molecular complexity index is 958. The smallest absolute Gasteiger partial charge is 0.182 e. The van der Waals surface area contributed by atoms with Crippen LogP contribution in [-0.2, 0) is 6.54 Å². The quantitative estimate of drug-likeness (QED) is 0.386. The monoisotopic (exact) mass is 354 g/mol. The number of nitrogens with zero attached hydrogens (tertiary/aromatic N) is 1. The number of aryl methyl sites for hydroxylation is 1. The molecule has 1 nitrogen and oxygen atoms in total. The highest BCUT2D eigenvalue weighted by Gasteiger charge is 2.15. The average molecular weight is 355 g/mol. The molecule has 0 unspecified atom stereocenters. The summed E-state index contributed by atoms with van der Waals surface area (Å²) in [5, 5.41) is 3.44. The van der Waals surface area contributed by atoms with Crippen molar-refractivity contribution in [3.05, 3.63) is 63.8 Å². The van der Waals surface area contributed by atoms with Crippen LogP contribution in [0.1, 0.15) is 16.8 Å². The first-order valence-corrected chi connectivity index (χ1v) is 10.1. The van der Waals surface area contributed by atoms with E-state index >= 15 is 0 Å². The van der Waals surface area contributed by atoms with Gasteiger partial charge in [0.25, 0.3) is 5.01 Å². The van der Waals surface area contributed by atoms with E-state index in [-0.39, 0.29) is 0 Å². The van der Waals surface area contributed by atoms with E-state index in [1.165, 1.54) is 29.9 Å². The minimum Gasteiger partial charge on any atom is -0.182 e. The van der Waals surface area contributed by atoms with Crippen LogP contribution in [0.4, 0.5) is 0 Å². The van der Waals surface area contributed by atoms with Gasteiger partial charge >= 0.3 is 0 Å². The molecule has 114 valence electrons. The summed E-state index contributed by atoms with van der Waals surface area (Å²) in [6.45, 7) is 3.20. The van der Waals surface area contributed by atoms with Gasteiger partial charge in [0.05, 0.1) is 0 Å². The molecule has 0 atom stereocenters. The highest BCUT2D eigenvalue weighted by molar-refractivity contribution is 7.22. The van der Waals surface area contributed by atoms with Gasteiger partial charge in [-0.15, -0.1) is 22.7 Å². The maximum Gasteiger partial charge on any atom is 0.262 e. The van der Waals surface area contributed by atoms with Gasteiger partial charge in [-0.25, -0.2) is 0 Å². The Morgan fingerprint density at radius 2 is 1.83 bits per heavy atom. The summed E-state index contributed by atoms with van der Waals surface area (Å²) in [5.74, 6) is 0. The van der Waals surface area contributed by atoms with E-state index < -0.39 is 0 Å². The zero-order valence-corrected chi connectivity index (χ0v) is 15.2. The fraction of sp³-hybridized carbons (Fsp3) is 0.105. The van der Waals surface area contributed by atoms with Gasteiger partial charge in [-0.05, 0) is 42.6 Å². The van der Waals surface area contributed by atoms with Crippen molar-refractivity contribution in [2.24, 2.45) is 0 Å². The van der Waals surface area contributed by atoms with Crippen molar-refractivity contribution in [2.45, 2.75) is 13.5 Å². The Kier molecular flexibility index (Phi) is 4.12. The Balaban J connectivity index is 1.66. The lowest BCUT2D eigenvalue weighted by Crippen LogP contribution is -2.33. The molecule has 0 saturated carbocycles. The van der Waals surface area contributed by atoms with Gasteiger partial charge in [0.1, 0.15) is 11.2 Å². The van der Waals surface area contributed by atoms with E-state index in [4.69, 9.17) is 0 Å². The number of hydrogen-bond donors (Lipinski definition) is 0. The molecule has 23 heavy (non-hydrogen) atoms. The summed E-state index contributed by atoms with van der Waals surface area (Å²) in [4.78, 5) is 3.99. The zero-order valence-electron chi connectivity index (χ0n) is 12.7. The molecule has 0 aliphatic heterocycles. The first-order chi connectivity index (χ1) is 11.3. The van der Waals surface area contributed by atoms with E-state index in [0.29, 0.717) is 0 Å². The molecule has 0 aliphatic rings. The van der Waals surface area contributed by atoms with Crippen LogP contribution >= 0.6 is 34.0 Å². The van der Waals surface area contributed by atoms with E-state index in [9.17, 15) is 0 Å². The summed E-state index contributed by atoms with van der Waals surface area (Å²) >= 11 is 5.50. The number of benzene rings is 1. The number of hydrogen-bond acceptors (Lipinski definition) is 3. The highest BCUT2D eigenvalue weighted by Crippen LogP contribution is 2.32. The number of aromatic nitrogens is 1. The van der Waals surface area contributed by atoms with Gasteiger partial charge in [-0.1, -0.05) is 29.5 Å². The molecule has 0 saturated heterocycles. The number of para-hydroxylation sites is 1. The molecule has 3 aromatic heterocycles. The maximum absolute atomic E-state index is 2.38. The third-order valence-corrected chi connectivity index (χ3v) is 6.98. The van der Waals surface area contributed by atoms with E-state index in [1.807, 2.05) is 22.7 Å². The molecular formula is C19H16NS3+. The van der Waals surface area contributed by atoms with Crippen molar-refractivity contribution < 1.29 is 4.57 Å². The topological polar surface area (TPSA) is 3.88 Å². The van der Waals surface area contributed by atoms with E-state index in [2.05, 4.69) is 77.6 Å². The van der Waals surface area contributed by atoms with Crippen molar-refractivity contribution in [2.75, 3.05) is 0 Å². The molecule has 1 aromatic carbocycles. The number of fused-ring (bicyclic) bond motifs is 1. The Hall–Kier alpha value is -1.75. The summed E-state index contributed by atoms with van der Waals surface area (Å²) < 4.78 is 3.73. The van der Waals surface area contributed by atoms with E-state index in [0.717, 1.165) is 6.54 Å². The fourth-order valence-corrected chi connectivity index (χ4v) is 5.52. The third kappa shape index (κ3) is 2.90. The van der Waals surface area contributed by atoms with Crippen LogP contribution in [0.5, 0.6) is 0 Å². The lowest BCUT2D eigenvalue weighted by Gasteiger charge is -1.91. The number of rotatable bonds is 4. The molecule has 3 heterocycles. The zero-order chi connectivity index (χ0) is 15.6. The number of thiazole rings is 1. The van der Waals surface area contributed by atoms with Gasteiger partial charge in [-0.2, -0.15) is 4.57 Å². The van der Waals surface area contributed by atoms with Gasteiger partial charge in [0, 0.05) is 26.8 Å². The van der Waals surface area contributed by atoms with E-state index in [1.54, 1.807) is 11.3 Å². The van der Waals surface area contributed by atoms with Gasteiger partial charge in [0.15, 0.2) is 0 Å². The minimum absolute atomic E-state index is 0.995. The van der Waals surface area contributed by atoms with Crippen molar-refractivity contribution in [3.63, 3.8) is 0 Å². The van der Waals surface area contributed by atoms with Crippen LogP contribution in [0.15, 0.2) is 53.9 Å². The summed E-state index contributed by atoms with van der Waals surface area (Å²) in [6.07, 6.45) is 4.48.